The third kappa shape index (κ3) is 4.07. The Morgan fingerprint density at radius 1 is 1.15 bits per heavy atom. The van der Waals surface area contributed by atoms with Crippen molar-refractivity contribution in [3.05, 3.63) is 59.4 Å². The number of aromatic nitrogens is 1. The summed E-state index contributed by atoms with van der Waals surface area (Å²) in [5.74, 6) is 0.267. The van der Waals surface area contributed by atoms with E-state index in [1.807, 2.05) is 19.1 Å². The van der Waals surface area contributed by atoms with Gasteiger partial charge in [-0.3, -0.25) is 9.88 Å². The largest absolute Gasteiger partial charge is 0.418 e. The number of aryl methyl sites for hydroxylation is 1. The Morgan fingerprint density at radius 2 is 1.81 bits per heavy atom. The molecule has 2 amide bonds. The van der Waals surface area contributed by atoms with Crippen LogP contribution in [-0.4, -0.2) is 36.1 Å². The third-order valence-electron chi connectivity index (χ3n) is 5.06. The number of likely N-dealkylation sites (tertiary alicyclic amines) is 1. The molecule has 0 radical (unpaired) electrons. The number of urea groups is 1. The fourth-order valence-electron chi connectivity index (χ4n) is 3.59. The van der Waals surface area contributed by atoms with Crippen LogP contribution < -0.4 is 4.90 Å². The maximum atomic E-state index is 13.2. The van der Waals surface area contributed by atoms with E-state index in [1.54, 1.807) is 11.1 Å². The van der Waals surface area contributed by atoms with Gasteiger partial charge in [-0.1, -0.05) is 18.2 Å². The van der Waals surface area contributed by atoms with Gasteiger partial charge in [-0.2, -0.15) is 13.2 Å². The van der Waals surface area contributed by atoms with Crippen LogP contribution in [0.5, 0.6) is 0 Å². The molecule has 4 nitrogen and oxygen atoms in total. The predicted molar refractivity (Wildman–Crippen MR) is 97.8 cm³/mol. The topological polar surface area (TPSA) is 36.4 Å². The normalized spacial score (nSPS) is 15.7. The Balaban J connectivity index is 1.71. The van der Waals surface area contributed by atoms with Crippen molar-refractivity contribution in [2.45, 2.75) is 31.9 Å². The number of carbonyl (C=O) groups is 1. The molecule has 0 spiro atoms. The van der Waals surface area contributed by atoms with Gasteiger partial charge in [-0.05, 0) is 43.5 Å². The summed E-state index contributed by atoms with van der Waals surface area (Å²) in [5, 5.41) is 0. The average Bonchev–Trinajstić information content (AvgIpc) is 2.67. The second kappa shape index (κ2) is 7.58. The van der Waals surface area contributed by atoms with E-state index in [2.05, 4.69) is 4.98 Å². The van der Waals surface area contributed by atoms with Crippen LogP contribution in [0.2, 0.25) is 0 Å². The highest BCUT2D eigenvalue weighted by Crippen LogP contribution is 2.37. The minimum atomic E-state index is -4.51. The van der Waals surface area contributed by atoms with Gasteiger partial charge >= 0.3 is 12.2 Å². The first-order valence-electron chi connectivity index (χ1n) is 8.89. The first kappa shape index (κ1) is 19.2. The number of pyridine rings is 1. The number of amides is 2. The van der Waals surface area contributed by atoms with Crippen molar-refractivity contribution in [2.24, 2.45) is 0 Å². The number of anilines is 1. The summed E-state index contributed by atoms with van der Waals surface area (Å²) in [6, 6.07) is 8.64. The maximum Gasteiger partial charge on any atom is 0.418 e. The van der Waals surface area contributed by atoms with Crippen molar-refractivity contribution in [2.75, 3.05) is 25.0 Å². The number of rotatable bonds is 2. The van der Waals surface area contributed by atoms with Crippen LogP contribution in [0.3, 0.4) is 0 Å². The molecule has 2 aromatic rings. The molecular formula is C20H22F3N3O. The molecule has 144 valence electrons. The van der Waals surface area contributed by atoms with E-state index >= 15 is 0 Å². The van der Waals surface area contributed by atoms with Crippen molar-refractivity contribution in [1.82, 2.24) is 9.88 Å². The van der Waals surface area contributed by atoms with E-state index in [0.29, 0.717) is 13.1 Å². The summed E-state index contributed by atoms with van der Waals surface area (Å²) in [6.45, 7) is 3.01. The van der Waals surface area contributed by atoms with Crippen LogP contribution in [0, 0.1) is 6.92 Å². The Bertz CT molecular complexity index is 814. The zero-order valence-electron chi connectivity index (χ0n) is 15.3. The monoisotopic (exact) mass is 377 g/mol. The van der Waals surface area contributed by atoms with Crippen LogP contribution in [-0.2, 0) is 6.18 Å². The highest BCUT2D eigenvalue weighted by atomic mass is 19.4. The molecule has 1 aliphatic heterocycles. The molecule has 0 aliphatic carbocycles. The van der Waals surface area contributed by atoms with E-state index in [0.717, 1.165) is 35.1 Å². The van der Waals surface area contributed by atoms with Crippen LogP contribution in [0.25, 0.3) is 0 Å². The molecular weight excluding hydrogens is 355 g/mol. The molecule has 3 rings (SSSR count). The van der Waals surface area contributed by atoms with Gasteiger partial charge in [-0.25, -0.2) is 4.79 Å². The van der Waals surface area contributed by atoms with Crippen LogP contribution in [0.4, 0.5) is 23.7 Å². The summed E-state index contributed by atoms with van der Waals surface area (Å²) in [4.78, 5) is 19.9. The van der Waals surface area contributed by atoms with Gasteiger partial charge < -0.3 is 4.90 Å². The Hall–Kier alpha value is -2.57. The molecule has 1 fully saturated rings. The maximum absolute atomic E-state index is 13.2. The lowest BCUT2D eigenvalue weighted by Gasteiger charge is -2.35. The van der Waals surface area contributed by atoms with Gasteiger partial charge in [0, 0.05) is 37.9 Å². The molecule has 0 N–H and O–H groups in total. The number of piperidine rings is 1. The average molecular weight is 377 g/mol. The van der Waals surface area contributed by atoms with E-state index < -0.39 is 17.8 Å². The predicted octanol–water partition coefficient (Wildman–Crippen LogP) is 4.84. The van der Waals surface area contributed by atoms with Gasteiger partial charge in [0.2, 0.25) is 0 Å². The molecule has 0 unspecified atom stereocenters. The summed E-state index contributed by atoms with van der Waals surface area (Å²) >= 11 is 0. The second-order valence-electron chi connectivity index (χ2n) is 6.82. The fourth-order valence-corrected chi connectivity index (χ4v) is 3.59. The smallest absolute Gasteiger partial charge is 0.324 e. The molecule has 0 bridgehead atoms. The number of halogens is 3. The molecule has 1 aliphatic rings. The van der Waals surface area contributed by atoms with Crippen LogP contribution in [0.1, 0.15) is 35.6 Å². The summed E-state index contributed by atoms with van der Waals surface area (Å²) < 4.78 is 39.7. The quantitative estimate of drug-likeness (QED) is 0.751. The Labute approximate surface area is 156 Å². The number of nitrogens with zero attached hydrogens (tertiary/aromatic N) is 3. The van der Waals surface area contributed by atoms with Crippen LogP contribution in [0.15, 0.2) is 42.6 Å². The first-order valence-corrected chi connectivity index (χ1v) is 8.89. The van der Waals surface area contributed by atoms with E-state index in [4.69, 9.17) is 0 Å². The number of hydrogen-bond acceptors (Lipinski definition) is 2. The van der Waals surface area contributed by atoms with Crippen molar-refractivity contribution < 1.29 is 18.0 Å². The van der Waals surface area contributed by atoms with E-state index in [-0.39, 0.29) is 11.6 Å². The highest BCUT2D eigenvalue weighted by molar-refractivity contribution is 5.92. The minimum absolute atomic E-state index is 0.127. The molecule has 1 aromatic carbocycles. The number of para-hydroxylation sites is 1. The molecule has 27 heavy (non-hydrogen) atoms. The van der Waals surface area contributed by atoms with Gasteiger partial charge in [0.05, 0.1) is 11.3 Å². The van der Waals surface area contributed by atoms with Gasteiger partial charge in [0.15, 0.2) is 0 Å². The molecule has 1 saturated heterocycles. The van der Waals surface area contributed by atoms with Crippen molar-refractivity contribution in [1.29, 1.82) is 0 Å². The summed E-state index contributed by atoms with van der Waals surface area (Å²) in [5.41, 5.74) is 1.23. The van der Waals surface area contributed by atoms with Crippen LogP contribution >= 0.6 is 0 Å². The SMILES string of the molecule is Cc1cccnc1C1CCN(C(=O)N(C)c2ccccc2C(F)(F)F)CC1. The number of benzene rings is 1. The molecule has 7 heteroatoms. The van der Waals surface area contributed by atoms with E-state index in [9.17, 15) is 18.0 Å². The molecule has 0 saturated carbocycles. The first-order chi connectivity index (χ1) is 12.8. The molecule has 1 aromatic heterocycles. The standard InChI is InChI=1S/C20H22F3N3O/c1-14-6-5-11-24-18(14)15-9-12-26(13-10-15)19(27)25(2)17-8-4-3-7-16(17)20(21,22)23/h3-8,11,15H,9-10,12-13H2,1-2H3. The Morgan fingerprint density at radius 3 is 2.44 bits per heavy atom. The second-order valence-corrected chi connectivity index (χ2v) is 6.82. The molecule has 0 atom stereocenters. The lowest BCUT2D eigenvalue weighted by molar-refractivity contribution is -0.137. The lowest BCUT2D eigenvalue weighted by Crippen LogP contribution is -2.45. The van der Waals surface area contributed by atoms with Gasteiger partial charge in [-0.15, -0.1) is 0 Å². The summed E-state index contributed by atoms with van der Waals surface area (Å²) in [6.07, 6.45) is -1.24. The number of hydrogen-bond donors (Lipinski definition) is 0. The molecule has 2 heterocycles. The van der Waals surface area contributed by atoms with Gasteiger partial charge in [0.1, 0.15) is 0 Å². The lowest BCUT2D eigenvalue weighted by atomic mass is 9.91. The highest BCUT2D eigenvalue weighted by Gasteiger charge is 2.36. The number of alkyl halides is 3. The fraction of sp³-hybridized carbons (Fsp3) is 0.400. The zero-order chi connectivity index (χ0) is 19.6. The van der Waals surface area contributed by atoms with Gasteiger partial charge in [0.25, 0.3) is 0 Å². The van der Waals surface area contributed by atoms with Crippen molar-refractivity contribution in [3.63, 3.8) is 0 Å². The Kier molecular flexibility index (Phi) is 5.39. The third-order valence-corrected chi connectivity index (χ3v) is 5.06. The minimum Gasteiger partial charge on any atom is -0.324 e. The summed E-state index contributed by atoms with van der Waals surface area (Å²) in [7, 11) is 1.39. The van der Waals surface area contributed by atoms with E-state index in [1.165, 1.54) is 25.2 Å². The van der Waals surface area contributed by atoms with Crippen molar-refractivity contribution >= 4 is 11.7 Å². The zero-order valence-corrected chi connectivity index (χ0v) is 15.3. The van der Waals surface area contributed by atoms with Crippen molar-refractivity contribution in [3.8, 4) is 0 Å². The number of carbonyl (C=O) groups excluding carboxylic acids is 1.